The van der Waals surface area contributed by atoms with Gasteiger partial charge in [-0.25, -0.2) is 8.42 Å². The molecule has 0 aliphatic carbocycles. The van der Waals surface area contributed by atoms with Crippen molar-refractivity contribution >= 4 is 49.1 Å². The van der Waals surface area contributed by atoms with Gasteiger partial charge in [-0.2, -0.15) is 0 Å². The first kappa shape index (κ1) is 21.9. The number of sulfonamides is 1. The SMILES string of the molecule is CC(=O)Nc1ccc(N(C[C@@H](O)Cn2c3ccccc3c3ccccc32)S(C)(=O)=O)cc1. The Morgan fingerprint density at radius 1 is 0.969 bits per heavy atom. The highest BCUT2D eigenvalue weighted by Crippen LogP contribution is 2.29. The minimum Gasteiger partial charge on any atom is -0.389 e. The first-order chi connectivity index (χ1) is 15.2. The summed E-state index contributed by atoms with van der Waals surface area (Å²) in [7, 11) is -3.64. The zero-order valence-electron chi connectivity index (χ0n) is 17.9. The van der Waals surface area contributed by atoms with Gasteiger partial charge in [-0.05, 0) is 36.4 Å². The zero-order chi connectivity index (χ0) is 22.9. The standard InChI is InChI=1S/C24H25N3O4S/c1-17(28)25-18-11-13-19(14-12-18)27(32(2,30)31)16-20(29)15-26-23-9-5-3-7-21(23)22-8-4-6-10-24(22)26/h3-14,20,29H,15-16H2,1-2H3,(H,25,28)/t20-/m0/s1. The van der Waals surface area contributed by atoms with Crippen LogP contribution in [0.15, 0.2) is 72.8 Å². The van der Waals surface area contributed by atoms with Crippen molar-refractivity contribution in [3.05, 3.63) is 72.8 Å². The van der Waals surface area contributed by atoms with E-state index in [4.69, 9.17) is 0 Å². The summed E-state index contributed by atoms with van der Waals surface area (Å²) in [5.74, 6) is -0.209. The number of hydrogen-bond donors (Lipinski definition) is 2. The lowest BCUT2D eigenvalue weighted by atomic mass is 10.2. The molecule has 0 bridgehead atoms. The van der Waals surface area contributed by atoms with Gasteiger partial charge in [0.05, 0.1) is 31.1 Å². The second-order valence-electron chi connectivity index (χ2n) is 7.82. The minimum atomic E-state index is -3.64. The zero-order valence-corrected chi connectivity index (χ0v) is 18.7. The molecular weight excluding hydrogens is 426 g/mol. The number of nitrogens with zero attached hydrogens (tertiary/aromatic N) is 2. The number of para-hydroxylation sites is 2. The van der Waals surface area contributed by atoms with E-state index in [1.807, 2.05) is 53.1 Å². The van der Waals surface area contributed by atoms with Gasteiger partial charge in [0.25, 0.3) is 0 Å². The molecule has 3 aromatic carbocycles. The number of aromatic nitrogens is 1. The number of carbonyl (C=O) groups is 1. The Balaban J connectivity index is 1.63. The molecule has 4 aromatic rings. The number of anilines is 2. The molecule has 2 N–H and O–H groups in total. The van der Waals surface area contributed by atoms with Gasteiger partial charge in [0.1, 0.15) is 0 Å². The van der Waals surface area contributed by atoms with E-state index in [0.717, 1.165) is 28.1 Å². The highest BCUT2D eigenvalue weighted by molar-refractivity contribution is 7.92. The van der Waals surface area contributed by atoms with E-state index >= 15 is 0 Å². The molecule has 7 nitrogen and oxygen atoms in total. The first-order valence-corrected chi connectivity index (χ1v) is 12.1. The quantitative estimate of drug-likeness (QED) is 0.449. The molecule has 0 saturated heterocycles. The van der Waals surface area contributed by atoms with Gasteiger partial charge in [0.15, 0.2) is 0 Å². The topological polar surface area (TPSA) is 91.6 Å². The number of rotatable bonds is 7. The van der Waals surface area contributed by atoms with Crippen LogP contribution >= 0.6 is 0 Å². The largest absolute Gasteiger partial charge is 0.389 e. The molecule has 1 amide bonds. The van der Waals surface area contributed by atoms with Crippen LogP contribution in [0.3, 0.4) is 0 Å². The fourth-order valence-corrected chi connectivity index (χ4v) is 4.95. The highest BCUT2D eigenvalue weighted by Gasteiger charge is 2.22. The second-order valence-corrected chi connectivity index (χ2v) is 9.73. The fourth-order valence-electron chi connectivity index (χ4n) is 4.01. The number of aliphatic hydroxyl groups is 1. The number of nitrogens with one attached hydrogen (secondary N) is 1. The molecule has 1 aromatic heterocycles. The van der Waals surface area contributed by atoms with Crippen LogP contribution < -0.4 is 9.62 Å². The number of aliphatic hydroxyl groups excluding tert-OH is 1. The lowest BCUT2D eigenvalue weighted by Gasteiger charge is -2.26. The van der Waals surface area contributed by atoms with Gasteiger partial charge in [-0.3, -0.25) is 9.10 Å². The van der Waals surface area contributed by atoms with Crippen LogP contribution in [0.2, 0.25) is 0 Å². The van der Waals surface area contributed by atoms with Gasteiger partial charge in [-0.15, -0.1) is 0 Å². The van der Waals surface area contributed by atoms with Crippen molar-refractivity contribution in [1.29, 1.82) is 0 Å². The summed E-state index contributed by atoms with van der Waals surface area (Å²) < 4.78 is 28.2. The number of fused-ring (bicyclic) bond motifs is 3. The molecule has 32 heavy (non-hydrogen) atoms. The Morgan fingerprint density at radius 2 is 1.50 bits per heavy atom. The molecule has 0 spiro atoms. The maximum absolute atomic E-state index is 12.5. The average Bonchev–Trinajstić information content (AvgIpc) is 3.06. The molecule has 0 aliphatic rings. The molecule has 4 rings (SSSR count). The molecule has 0 unspecified atom stereocenters. The van der Waals surface area contributed by atoms with Crippen molar-refractivity contribution in [1.82, 2.24) is 4.57 Å². The lowest BCUT2D eigenvalue weighted by molar-refractivity contribution is -0.114. The van der Waals surface area contributed by atoms with Crippen molar-refractivity contribution < 1.29 is 18.3 Å². The predicted octanol–water partition coefficient (Wildman–Crippen LogP) is 3.58. The Hall–Kier alpha value is -3.36. The van der Waals surface area contributed by atoms with Gasteiger partial charge in [-0.1, -0.05) is 36.4 Å². The van der Waals surface area contributed by atoms with Gasteiger partial charge in [0, 0.05) is 34.4 Å². The van der Waals surface area contributed by atoms with Gasteiger partial charge in [0.2, 0.25) is 15.9 Å². The van der Waals surface area contributed by atoms with E-state index in [9.17, 15) is 18.3 Å². The Labute approximate surface area is 186 Å². The Bertz CT molecular complexity index is 1320. The van der Waals surface area contributed by atoms with Crippen molar-refractivity contribution in [3.63, 3.8) is 0 Å². The van der Waals surface area contributed by atoms with Crippen LogP contribution in [0.1, 0.15) is 6.92 Å². The first-order valence-electron chi connectivity index (χ1n) is 10.2. The van der Waals surface area contributed by atoms with Crippen LogP contribution in [0, 0.1) is 0 Å². The van der Waals surface area contributed by atoms with Crippen LogP contribution in [-0.2, 0) is 21.4 Å². The molecule has 0 saturated carbocycles. The molecule has 0 radical (unpaired) electrons. The van der Waals surface area contributed by atoms with E-state index in [1.54, 1.807) is 24.3 Å². The number of hydrogen-bond acceptors (Lipinski definition) is 4. The summed E-state index contributed by atoms with van der Waals surface area (Å²) >= 11 is 0. The van der Waals surface area contributed by atoms with Crippen molar-refractivity contribution in [2.45, 2.75) is 19.6 Å². The molecule has 1 heterocycles. The summed E-state index contributed by atoms with van der Waals surface area (Å²) in [6.45, 7) is 1.55. The molecule has 8 heteroatoms. The molecule has 166 valence electrons. The summed E-state index contributed by atoms with van der Waals surface area (Å²) in [6, 6.07) is 22.4. The van der Waals surface area contributed by atoms with E-state index in [2.05, 4.69) is 5.32 Å². The predicted molar refractivity (Wildman–Crippen MR) is 128 cm³/mol. The van der Waals surface area contributed by atoms with Gasteiger partial charge >= 0.3 is 0 Å². The minimum absolute atomic E-state index is 0.0981. The average molecular weight is 452 g/mol. The van der Waals surface area contributed by atoms with E-state index in [-0.39, 0.29) is 19.0 Å². The monoisotopic (exact) mass is 451 g/mol. The van der Waals surface area contributed by atoms with Crippen LogP contribution in [0.25, 0.3) is 21.8 Å². The lowest BCUT2D eigenvalue weighted by Crippen LogP contribution is -2.38. The molecule has 1 atom stereocenters. The third-order valence-electron chi connectivity index (χ3n) is 5.33. The van der Waals surface area contributed by atoms with Crippen molar-refractivity contribution in [2.24, 2.45) is 0 Å². The fraction of sp³-hybridized carbons (Fsp3) is 0.208. The van der Waals surface area contributed by atoms with Crippen LogP contribution in [-0.4, -0.2) is 42.9 Å². The third kappa shape index (κ3) is 4.46. The molecule has 0 fully saturated rings. The maximum atomic E-state index is 12.5. The Morgan fingerprint density at radius 3 is 2.00 bits per heavy atom. The number of carbonyl (C=O) groups excluding carboxylic acids is 1. The maximum Gasteiger partial charge on any atom is 0.232 e. The number of benzene rings is 3. The summed E-state index contributed by atoms with van der Waals surface area (Å²) in [4.78, 5) is 11.2. The number of amides is 1. The summed E-state index contributed by atoms with van der Waals surface area (Å²) in [6.07, 6.45) is 0.168. The summed E-state index contributed by atoms with van der Waals surface area (Å²) in [5.41, 5.74) is 2.96. The van der Waals surface area contributed by atoms with E-state index in [1.165, 1.54) is 11.2 Å². The van der Waals surface area contributed by atoms with Crippen LogP contribution in [0.5, 0.6) is 0 Å². The summed E-state index contributed by atoms with van der Waals surface area (Å²) in [5, 5.41) is 15.8. The van der Waals surface area contributed by atoms with Gasteiger partial charge < -0.3 is 15.0 Å². The van der Waals surface area contributed by atoms with Crippen molar-refractivity contribution in [3.8, 4) is 0 Å². The Kier molecular flexibility index (Phi) is 5.90. The third-order valence-corrected chi connectivity index (χ3v) is 6.49. The van der Waals surface area contributed by atoms with Crippen LogP contribution in [0.4, 0.5) is 11.4 Å². The molecular formula is C24H25N3O4S. The van der Waals surface area contributed by atoms with E-state index < -0.39 is 16.1 Å². The normalized spacial score (nSPS) is 12.7. The highest BCUT2D eigenvalue weighted by atomic mass is 32.2. The van der Waals surface area contributed by atoms with E-state index in [0.29, 0.717) is 11.4 Å². The molecule has 0 aliphatic heterocycles. The van der Waals surface area contributed by atoms with Crippen molar-refractivity contribution in [2.75, 3.05) is 22.4 Å². The smallest absolute Gasteiger partial charge is 0.232 e. The second kappa shape index (κ2) is 8.64.